The first-order valence-corrected chi connectivity index (χ1v) is 8.87. The number of aromatic nitrogens is 5. The number of anilines is 3. The number of benzene rings is 1. The van der Waals surface area contributed by atoms with Crippen LogP contribution in [0.2, 0.25) is 0 Å². The van der Waals surface area contributed by atoms with E-state index in [2.05, 4.69) is 25.4 Å². The average Bonchev–Trinajstić information content (AvgIpc) is 3.23. The van der Waals surface area contributed by atoms with Crippen molar-refractivity contribution in [2.24, 2.45) is 7.05 Å². The highest BCUT2D eigenvalue weighted by Crippen LogP contribution is 2.35. The molecule has 0 aliphatic carbocycles. The maximum Gasteiger partial charge on any atom is 0.227 e. The summed E-state index contributed by atoms with van der Waals surface area (Å²) in [6.07, 6.45) is 5.22. The van der Waals surface area contributed by atoms with Crippen LogP contribution in [0.1, 0.15) is 5.69 Å². The minimum atomic E-state index is 0.285. The Labute approximate surface area is 158 Å². The van der Waals surface area contributed by atoms with Crippen molar-refractivity contribution in [1.29, 1.82) is 0 Å². The summed E-state index contributed by atoms with van der Waals surface area (Å²) in [6, 6.07) is 5.48. The summed E-state index contributed by atoms with van der Waals surface area (Å²) in [5, 5.41) is 7.70. The van der Waals surface area contributed by atoms with Crippen LogP contribution in [0.15, 0.2) is 36.8 Å². The second-order valence-corrected chi connectivity index (χ2v) is 6.77. The van der Waals surface area contributed by atoms with Gasteiger partial charge in [0.25, 0.3) is 0 Å². The SMILES string of the molecule is COc1cc(OCc2ccnc(Nc3cnn(C)c3)n2)cc2sc(N)nc12. The van der Waals surface area contributed by atoms with E-state index < -0.39 is 0 Å². The van der Waals surface area contributed by atoms with E-state index in [1.807, 2.05) is 19.3 Å². The highest BCUT2D eigenvalue weighted by atomic mass is 32.1. The number of thiazole rings is 1. The van der Waals surface area contributed by atoms with Crippen molar-refractivity contribution >= 4 is 38.3 Å². The third kappa shape index (κ3) is 3.75. The molecule has 0 unspecified atom stereocenters. The van der Waals surface area contributed by atoms with E-state index in [0.717, 1.165) is 21.6 Å². The molecule has 1 aromatic carbocycles. The molecule has 138 valence electrons. The third-order valence-corrected chi connectivity index (χ3v) is 4.56. The minimum absolute atomic E-state index is 0.285. The maximum absolute atomic E-state index is 5.88. The molecule has 4 rings (SSSR count). The van der Waals surface area contributed by atoms with Gasteiger partial charge in [-0.05, 0) is 12.1 Å². The van der Waals surface area contributed by atoms with Crippen molar-refractivity contribution in [2.75, 3.05) is 18.2 Å². The summed E-state index contributed by atoms with van der Waals surface area (Å²) in [5.41, 5.74) is 8.07. The Bertz CT molecular complexity index is 1090. The first-order chi connectivity index (χ1) is 13.1. The topological polar surface area (TPSA) is 113 Å². The fourth-order valence-electron chi connectivity index (χ4n) is 2.54. The summed E-state index contributed by atoms with van der Waals surface area (Å²) in [5.74, 6) is 1.76. The van der Waals surface area contributed by atoms with Crippen LogP contribution in [0.5, 0.6) is 11.5 Å². The van der Waals surface area contributed by atoms with Crippen LogP contribution in [-0.2, 0) is 13.7 Å². The molecule has 27 heavy (non-hydrogen) atoms. The number of hydrogen-bond acceptors (Lipinski definition) is 9. The molecular weight excluding hydrogens is 366 g/mol. The van der Waals surface area contributed by atoms with E-state index in [4.69, 9.17) is 15.2 Å². The number of methoxy groups -OCH3 is 1. The molecule has 0 saturated carbocycles. The molecular formula is C17H17N7O2S. The second-order valence-electron chi connectivity index (χ2n) is 5.71. The first-order valence-electron chi connectivity index (χ1n) is 8.05. The average molecular weight is 383 g/mol. The van der Waals surface area contributed by atoms with Gasteiger partial charge >= 0.3 is 0 Å². The van der Waals surface area contributed by atoms with Gasteiger partial charge in [0.2, 0.25) is 5.95 Å². The van der Waals surface area contributed by atoms with Crippen LogP contribution in [0, 0.1) is 0 Å². The van der Waals surface area contributed by atoms with Crippen molar-refractivity contribution < 1.29 is 9.47 Å². The van der Waals surface area contributed by atoms with Gasteiger partial charge in [-0.25, -0.2) is 15.0 Å². The molecule has 0 saturated heterocycles. The monoisotopic (exact) mass is 383 g/mol. The fraction of sp³-hybridized carbons (Fsp3) is 0.176. The molecule has 0 amide bonds. The van der Waals surface area contributed by atoms with E-state index >= 15 is 0 Å². The lowest BCUT2D eigenvalue weighted by Crippen LogP contribution is -2.03. The predicted octanol–water partition coefficient (Wildman–Crippen LogP) is 2.73. The van der Waals surface area contributed by atoms with Crippen LogP contribution >= 0.6 is 11.3 Å². The lowest BCUT2D eigenvalue weighted by Gasteiger charge is -2.09. The number of nitrogen functional groups attached to an aromatic ring is 1. The van der Waals surface area contributed by atoms with Crippen molar-refractivity contribution in [1.82, 2.24) is 24.7 Å². The Morgan fingerprint density at radius 2 is 2.19 bits per heavy atom. The largest absolute Gasteiger partial charge is 0.494 e. The molecule has 9 nitrogen and oxygen atoms in total. The fourth-order valence-corrected chi connectivity index (χ4v) is 3.32. The van der Waals surface area contributed by atoms with Gasteiger partial charge in [-0.3, -0.25) is 4.68 Å². The second kappa shape index (κ2) is 7.08. The van der Waals surface area contributed by atoms with E-state index in [9.17, 15) is 0 Å². The molecule has 10 heteroatoms. The zero-order valence-electron chi connectivity index (χ0n) is 14.7. The number of rotatable bonds is 6. The van der Waals surface area contributed by atoms with Gasteiger partial charge in [0, 0.05) is 25.5 Å². The number of nitrogens with zero attached hydrogens (tertiary/aromatic N) is 5. The van der Waals surface area contributed by atoms with Crippen molar-refractivity contribution in [3.8, 4) is 11.5 Å². The summed E-state index contributed by atoms with van der Waals surface area (Å²) < 4.78 is 13.9. The van der Waals surface area contributed by atoms with E-state index in [1.54, 1.807) is 36.3 Å². The molecule has 4 aromatic rings. The Balaban J connectivity index is 1.50. The summed E-state index contributed by atoms with van der Waals surface area (Å²) in [7, 11) is 3.44. The van der Waals surface area contributed by atoms with Crippen LogP contribution < -0.4 is 20.5 Å². The highest BCUT2D eigenvalue weighted by Gasteiger charge is 2.11. The quantitative estimate of drug-likeness (QED) is 0.522. The summed E-state index contributed by atoms with van der Waals surface area (Å²) in [4.78, 5) is 12.9. The number of fused-ring (bicyclic) bond motifs is 1. The molecule has 0 spiro atoms. The number of nitrogens with one attached hydrogen (secondary N) is 1. The van der Waals surface area contributed by atoms with Crippen LogP contribution in [0.4, 0.5) is 16.8 Å². The van der Waals surface area contributed by atoms with Gasteiger partial charge in [0.1, 0.15) is 23.6 Å². The predicted molar refractivity (Wildman–Crippen MR) is 103 cm³/mol. The van der Waals surface area contributed by atoms with Gasteiger partial charge in [-0.1, -0.05) is 11.3 Å². The molecule has 0 atom stereocenters. The van der Waals surface area contributed by atoms with Crippen molar-refractivity contribution in [2.45, 2.75) is 6.61 Å². The molecule has 3 aromatic heterocycles. The van der Waals surface area contributed by atoms with Gasteiger partial charge in [-0.2, -0.15) is 5.10 Å². The Morgan fingerprint density at radius 1 is 1.30 bits per heavy atom. The van der Waals surface area contributed by atoms with Crippen LogP contribution in [0.3, 0.4) is 0 Å². The Hall–Kier alpha value is -3.40. The van der Waals surface area contributed by atoms with Crippen LogP contribution in [0.25, 0.3) is 10.2 Å². The van der Waals surface area contributed by atoms with E-state index in [1.165, 1.54) is 11.3 Å². The standard InChI is InChI=1S/C17H17N7O2S/c1-24-8-11(7-20-24)22-17-19-4-3-10(21-17)9-26-12-5-13(25-2)15-14(6-12)27-16(18)23-15/h3-8H,9H2,1-2H3,(H2,18,23)(H,19,21,22). The Kier molecular flexibility index (Phi) is 4.47. The molecule has 0 bridgehead atoms. The molecule has 3 heterocycles. The zero-order valence-corrected chi connectivity index (χ0v) is 15.5. The lowest BCUT2D eigenvalue weighted by molar-refractivity contribution is 0.299. The summed E-state index contributed by atoms with van der Waals surface area (Å²) >= 11 is 1.39. The van der Waals surface area contributed by atoms with Gasteiger partial charge in [-0.15, -0.1) is 0 Å². The van der Waals surface area contributed by atoms with Crippen molar-refractivity contribution in [3.63, 3.8) is 0 Å². The lowest BCUT2D eigenvalue weighted by atomic mass is 10.3. The molecule has 0 aliphatic rings. The molecule has 0 fully saturated rings. The number of aryl methyl sites for hydroxylation is 1. The van der Waals surface area contributed by atoms with E-state index in [0.29, 0.717) is 22.6 Å². The minimum Gasteiger partial charge on any atom is -0.494 e. The highest BCUT2D eigenvalue weighted by molar-refractivity contribution is 7.22. The first kappa shape index (κ1) is 17.0. The molecule has 0 radical (unpaired) electrons. The van der Waals surface area contributed by atoms with Crippen molar-refractivity contribution in [3.05, 3.63) is 42.5 Å². The maximum atomic E-state index is 5.88. The number of hydrogen-bond donors (Lipinski definition) is 2. The molecule has 0 aliphatic heterocycles. The van der Waals surface area contributed by atoms with E-state index in [-0.39, 0.29) is 6.61 Å². The van der Waals surface area contributed by atoms with Gasteiger partial charge in [0.15, 0.2) is 5.13 Å². The number of nitrogens with two attached hydrogens (primary N) is 1. The zero-order chi connectivity index (χ0) is 18.8. The summed E-state index contributed by atoms with van der Waals surface area (Å²) in [6.45, 7) is 0.285. The van der Waals surface area contributed by atoms with Gasteiger partial charge < -0.3 is 20.5 Å². The van der Waals surface area contributed by atoms with Gasteiger partial charge in [0.05, 0.1) is 29.4 Å². The molecule has 3 N–H and O–H groups in total. The normalized spacial score (nSPS) is 10.9. The Morgan fingerprint density at radius 3 is 2.96 bits per heavy atom. The number of ether oxygens (including phenoxy) is 2. The third-order valence-electron chi connectivity index (χ3n) is 3.73. The smallest absolute Gasteiger partial charge is 0.227 e. The van der Waals surface area contributed by atoms with Crippen LogP contribution in [-0.4, -0.2) is 31.8 Å².